The van der Waals surface area contributed by atoms with Gasteiger partial charge < -0.3 is 20.4 Å². The van der Waals surface area contributed by atoms with Crippen LogP contribution in [0.4, 0.5) is 10.5 Å². The van der Waals surface area contributed by atoms with Gasteiger partial charge in [-0.2, -0.15) is 0 Å². The van der Waals surface area contributed by atoms with Gasteiger partial charge in [-0.1, -0.05) is 25.5 Å². The summed E-state index contributed by atoms with van der Waals surface area (Å²) < 4.78 is 0. The molecule has 0 saturated carbocycles. The van der Waals surface area contributed by atoms with Gasteiger partial charge in [-0.3, -0.25) is 4.79 Å². The van der Waals surface area contributed by atoms with Gasteiger partial charge in [0.15, 0.2) is 0 Å². The van der Waals surface area contributed by atoms with Crippen molar-refractivity contribution in [3.05, 3.63) is 29.8 Å². The average molecular weight is 423 g/mol. The zero-order valence-corrected chi connectivity index (χ0v) is 18.7. The lowest BCUT2D eigenvalue weighted by atomic mass is 10.0. The highest BCUT2D eigenvalue weighted by Gasteiger charge is 2.29. The van der Waals surface area contributed by atoms with Crippen molar-refractivity contribution in [3.8, 4) is 0 Å². The standard InChI is InChI=1S/C22H35ClN4O2/c1-4-6-18(3)26-12-9-20(10-13-26)27(14-11-24-21(28)16-23)22(29)25-19-8-5-7-17(2)15-19/h5,7-8,15,18,20H,4,6,9-14,16H2,1-3H3,(H,24,28)(H,25,29). The smallest absolute Gasteiger partial charge is 0.322 e. The number of rotatable bonds is 9. The molecule has 0 radical (unpaired) electrons. The Bertz CT molecular complexity index is 662. The van der Waals surface area contributed by atoms with Gasteiger partial charge in [0.05, 0.1) is 0 Å². The third-order valence-corrected chi connectivity index (χ3v) is 5.84. The van der Waals surface area contributed by atoms with E-state index >= 15 is 0 Å². The summed E-state index contributed by atoms with van der Waals surface area (Å²) in [5.41, 5.74) is 1.89. The molecule has 0 spiro atoms. The molecule has 1 unspecified atom stereocenters. The topological polar surface area (TPSA) is 64.7 Å². The molecule has 0 aliphatic carbocycles. The summed E-state index contributed by atoms with van der Waals surface area (Å²) in [6.45, 7) is 9.36. The maximum atomic E-state index is 13.0. The van der Waals surface area contributed by atoms with Gasteiger partial charge in [0.1, 0.15) is 5.88 Å². The Kier molecular flexibility index (Phi) is 9.74. The largest absolute Gasteiger partial charge is 0.353 e. The second-order valence-electron chi connectivity index (χ2n) is 7.88. The number of aryl methyl sites for hydroxylation is 1. The molecule has 1 aromatic rings. The minimum atomic E-state index is -0.214. The van der Waals surface area contributed by atoms with Crippen LogP contribution >= 0.6 is 11.6 Å². The molecule has 3 amide bonds. The number of carbonyl (C=O) groups is 2. The Morgan fingerprint density at radius 2 is 2.03 bits per heavy atom. The van der Waals surface area contributed by atoms with Crippen LogP contribution in [0.25, 0.3) is 0 Å². The van der Waals surface area contributed by atoms with Gasteiger partial charge in [0, 0.05) is 44.0 Å². The summed E-state index contributed by atoms with van der Waals surface area (Å²) in [5.74, 6) is -0.280. The van der Waals surface area contributed by atoms with Crippen molar-refractivity contribution in [3.63, 3.8) is 0 Å². The summed E-state index contributed by atoms with van der Waals surface area (Å²) in [4.78, 5) is 28.9. The van der Waals surface area contributed by atoms with E-state index in [1.807, 2.05) is 36.1 Å². The van der Waals surface area contributed by atoms with Crippen molar-refractivity contribution in [2.45, 2.75) is 58.5 Å². The second kappa shape index (κ2) is 12.0. The molecule has 162 valence electrons. The van der Waals surface area contributed by atoms with Crippen molar-refractivity contribution in [2.75, 3.05) is 37.4 Å². The van der Waals surface area contributed by atoms with Gasteiger partial charge in [-0.05, 0) is 50.8 Å². The summed E-state index contributed by atoms with van der Waals surface area (Å²) in [7, 11) is 0. The number of piperidine rings is 1. The van der Waals surface area contributed by atoms with Crippen molar-refractivity contribution >= 4 is 29.2 Å². The average Bonchev–Trinajstić information content (AvgIpc) is 2.71. The molecular weight excluding hydrogens is 388 g/mol. The molecule has 1 aliphatic rings. The zero-order valence-electron chi connectivity index (χ0n) is 17.9. The molecule has 2 rings (SSSR count). The van der Waals surface area contributed by atoms with E-state index in [0.717, 1.165) is 37.2 Å². The van der Waals surface area contributed by atoms with E-state index in [-0.39, 0.29) is 23.9 Å². The molecule has 2 N–H and O–H groups in total. The lowest BCUT2D eigenvalue weighted by molar-refractivity contribution is -0.118. The van der Waals surface area contributed by atoms with E-state index in [1.54, 1.807) is 0 Å². The highest BCUT2D eigenvalue weighted by molar-refractivity contribution is 6.27. The number of nitrogens with one attached hydrogen (secondary N) is 2. The predicted molar refractivity (Wildman–Crippen MR) is 120 cm³/mol. The molecule has 6 nitrogen and oxygen atoms in total. The number of likely N-dealkylation sites (tertiary alicyclic amines) is 1. The molecule has 29 heavy (non-hydrogen) atoms. The lowest BCUT2D eigenvalue weighted by Gasteiger charge is -2.40. The van der Waals surface area contributed by atoms with E-state index < -0.39 is 0 Å². The molecule has 1 atom stereocenters. The molecule has 1 aliphatic heterocycles. The fraction of sp³-hybridized carbons (Fsp3) is 0.636. The Labute approximate surface area is 180 Å². The Balaban J connectivity index is 2.00. The van der Waals surface area contributed by atoms with Crippen LogP contribution in [0.1, 0.15) is 45.1 Å². The van der Waals surface area contributed by atoms with Crippen LogP contribution in [-0.2, 0) is 4.79 Å². The number of hydrogen-bond donors (Lipinski definition) is 2. The number of nitrogens with zero attached hydrogens (tertiary/aromatic N) is 2. The molecule has 1 aromatic carbocycles. The number of hydrogen-bond acceptors (Lipinski definition) is 3. The minimum absolute atomic E-state index is 0.0663. The van der Waals surface area contributed by atoms with E-state index in [0.29, 0.717) is 19.1 Å². The first kappa shape index (κ1) is 23.5. The van der Waals surface area contributed by atoms with E-state index in [9.17, 15) is 9.59 Å². The first-order valence-corrected chi connectivity index (χ1v) is 11.2. The van der Waals surface area contributed by atoms with Gasteiger partial charge in [-0.15, -0.1) is 11.6 Å². The molecule has 1 heterocycles. The van der Waals surface area contributed by atoms with Crippen LogP contribution < -0.4 is 10.6 Å². The van der Waals surface area contributed by atoms with Gasteiger partial charge in [0.25, 0.3) is 0 Å². The Hall–Kier alpha value is -1.79. The molecule has 0 bridgehead atoms. The Morgan fingerprint density at radius 1 is 1.31 bits per heavy atom. The van der Waals surface area contributed by atoms with Gasteiger partial charge in [0.2, 0.25) is 5.91 Å². The monoisotopic (exact) mass is 422 g/mol. The minimum Gasteiger partial charge on any atom is -0.353 e. The quantitative estimate of drug-likeness (QED) is 0.594. The SMILES string of the molecule is CCCC(C)N1CCC(N(CCNC(=O)CCl)C(=O)Nc2cccc(C)c2)CC1. The van der Waals surface area contributed by atoms with E-state index in [4.69, 9.17) is 11.6 Å². The van der Waals surface area contributed by atoms with Crippen molar-refractivity contribution < 1.29 is 9.59 Å². The molecule has 1 fully saturated rings. The van der Waals surface area contributed by atoms with Crippen LogP contribution in [-0.4, -0.2) is 65.9 Å². The number of anilines is 1. The van der Waals surface area contributed by atoms with Crippen LogP contribution in [0.5, 0.6) is 0 Å². The Morgan fingerprint density at radius 3 is 2.66 bits per heavy atom. The number of urea groups is 1. The summed E-state index contributed by atoms with van der Waals surface area (Å²) in [6, 6.07) is 8.42. The fourth-order valence-electron chi connectivity index (χ4n) is 3.97. The predicted octanol–water partition coefficient (Wildman–Crippen LogP) is 3.84. The number of amides is 3. The first-order valence-electron chi connectivity index (χ1n) is 10.7. The van der Waals surface area contributed by atoms with Gasteiger partial charge in [-0.25, -0.2) is 4.79 Å². The maximum absolute atomic E-state index is 13.0. The normalized spacial score (nSPS) is 16.3. The highest BCUT2D eigenvalue weighted by Crippen LogP contribution is 2.21. The van der Waals surface area contributed by atoms with Crippen molar-refractivity contribution in [1.82, 2.24) is 15.1 Å². The third kappa shape index (κ3) is 7.52. The summed E-state index contributed by atoms with van der Waals surface area (Å²) in [6.07, 6.45) is 4.27. The highest BCUT2D eigenvalue weighted by atomic mass is 35.5. The van der Waals surface area contributed by atoms with Crippen molar-refractivity contribution in [1.29, 1.82) is 0 Å². The summed E-state index contributed by atoms with van der Waals surface area (Å²) >= 11 is 5.56. The number of alkyl halides is 1. The zero-order chi connectivity index (χ0) is 21.2. The molecule has 7 heteroatoms. The number of carbonyl (C=O) groups excluding carboxylic acids is 2. The van der Waals surface area contributed by atoms with Crippen LogP contribution in [0.2, 0.25) is 0 Å². The van der Waals surface area contributed by atoms with E-state index in [1.165, 1.54) is 12.8 Å². The third-order valence-electron chi connectivity index (χ3n) is 5.60. The van der Waals surface area contributed by atoms with Gasteiger partial charge >= 0.3 is 6.03 Å². The lowest BCUT2D eigenvalue weighted by Crippen LogP contribution is -2.52. The van der Waals surface area contributed by atoms with E-state index in [2.05, 4.69) is 29.4 Å². The van der Waals surface area contributed by atoms with Crippen molar-refractivity contribution in [2.24, 2.45) is 0 Å². The number of halogens is 1. The maximum Gasteiger partial charge on any atom is 0.322 e. The van der Waals surface area contributed by atoms with Crippen LogP contribution in [0, 0.1) is 6.92 Å². The number of benzene rings is 1. The van der Waals surface area contributed by atoms with Crippen LogP contribution in [0.3, 0.4) is 0 Å². The fourth-order valence-corrected chi connectivity index (χ4v) is 4.06. The molecular formula is C22H35ClN4O2. The summed E-state index contributed by atoms with van der Waals surface area (Å²) in [5, 5.41) is 5.79. The molecule has 0 aromatic heterocycles. The first-order chi connectivity index (χ1) is 13.9. The second-order valence-corrected chi connectivity index (χ2v) is 8.15. The van der Waals surface area contributed by atoms with Crippen LogP contribution in [0.15, 0.2) is 24.3 Å². The molecule has 1 saturated heterocycles.